The highest BCUT2D eigenvalue weighted by Crippen LogP contribution is 2.42. The zero-order valence-corrected chi connectivity index (χ0v) is 17.8. The summed E-state index contributed by atoms with van der Waals surface area (Å²) in [5.41, 5.74) is 1.18. The van der Waals surface area contributed by atoms with Gasteiger partial charge in [0.05, 0.1) is 0 Å². The van der Waals surface area contributed by atoms with E-state index in [0.29, 0.717) is 12.5 Å². The first-order valence-electron chi connectivity index (χ1n) is 10.4. The van der Waals surface area contributed by atoms with Gasteiger partial charge >= 0.3 is 0 Å². The maximum absolute atomic E-state index is 12.3. The molecule has 0 bridgehead atoms. The van der Waals surface area contributed by atoms with Gasteiger partial charge in [-0.3, -0.25) is 20.1 Å². The van der Waals surface area contributed by atoms with Crippen molar-refractivity contribution in [2.24, 2.45) is 15.9 Å². The lowest BCUT2D eigenvalue weighted by Gasteiger charge is -2.41. The van der Waals surface area contributed by atoms with Crippen molar-refractivity contribution < 1.29 is 4.79 Å². The van der Waals surface area contributed by atoms with Crippen LogP contribution in [0.25, 0.3) is 0 Å². The molecule has 6 nitrogen and oxygen atoms in total. The van der Waals surface area contributed by atoms with Crippen molar-refractivity contribution in [1.29, 1.82) is 5.26 Å². The third kappa shape index (κ3) is 7.00. The number of benzene rings is 1. The van der Waals surface area contributed by atoms with E-state index in [-0.39, 0.29) is 11.3 Å². The van der Waals surface area contributed by atoms with E-state index in [1.807, 2.05) is 31.3 Å². The fraction of sp³-hybridized carbons (Fsp3) is 0.417. The molecule has 0 unspecified atom stereocenters. The molecule has 1 fully saturated rings. The molecule has 1 aromatic rings. The van der Waals surface area contributed by atoms with Crippen molar-refractivity contribution in [2.75, 3.05) is 13.6 Å². The number of allylic oxidation sites excluding steroid dienone is 2. The van der Waals surface area contributed by atoms with Gasteiger partial charge < -0.3 is 5.32 Å². The van der Waals surface area contributed by atoms with Crippen molar-refractivity contribution in [3.8, 4) is 6.19 Å². The van der Waals surface area contributed by atoms with E-state index in [1.165, 1.54) is 17.8 Å². The van der Waals surface area contributed by atoms with E-state index < -0.39 is 0 Å². The average Bonchev–Trinajstić information content (AvgIpc) is 2.79. The van der Waals surface area contributed by atoms with E-state index >= 15 is 0 Å². The van der Waals surface area contributed by atoms with E-state index in [9.17, 15) is 4.79 Å². The molecule has 0 heterocycles. The van der Waals surface area contributed by atoms with Crippen molar-refractivity contribution in [2.45, 2.75) is 44.4 Å². The maximum atomic E-state index is 12.3. The molecule has 0 aromatic heterocycles. The standard InChI is InChI=1S/C24H31N5O/c1-3-4-15-27-16-12-23(30)28-18-24(21-8-6-5-7-9-21)13-10-20(11-14-24)17-22(26-2)29-19-25/h3-9,12,15-16,20H,10-11,13-14,17-18H2,1-2H3,(H,26,29)(H,28,30)/b4-3-,16-12+,27-15-. The molecule has 0 spiro atoms. The lowest BCUT2D eigenvalue weighted by atomic mass is 9.66. The molecule has 0 radical (unpaired) electrons. The molecule has 1 aliphatic rings. The van der Waals surface area contributed by atoms with Crippen LogP contribution >= 0.6 is 0 Å². The largest absolute Gasteiger partial charge is 0.352 e. The van der Waals surface area contributed by atoms with Gasteiger partial charge in [-0.1, -0.05) is 36.4 Å². The number of carbonyl (C=O) groups excluding carboxylic acids is 1. The van der Waals surface area contributed by atoms with E-state index in [2.05, 4.69) is 44.9 Å². The lowest BCUT2D eigenvalue weighted by Crippen LogP contribution is -2.43. The molecular weight excluding hydrogens is 374 g/mol. The molecule has 158 valence electrons. The zero-order valence-electron chi connectivity index (χ0n) is 17.8. The first-order valence-corrected chi connectivity index (χ1v) is 10.4. The van der Waals surface area contributed by atoms with Crippen LogP contribution in [0.15, 0.2) is 64.7 Å². The van der Waals surface area contributed by atoms with Crippen molar-refractivity contribution in [3.05, 3.63) is 60.3 Å². The predicted octanol–water partition coefficient (Wildman–Crippen LogP) is 3.88. The number of nitriles is 1. The van der Waals surface area contributed by atoms with Gasteiger partial charge in [0.1, 0.15) is 5.84 Å². The minimum atomic E-state index is -0.135. The van der Waals surface area contributed by atoms with Gasteiger partial charge in [0.25, 0.3) is 0 Å². The predicted molar refractivity (Wildman–Crippen MR) is 122 cm³/mol. The molecule has 2 rings (SSSR count). The first-order chi connectivity index (χ1) is 14.6. The Morgan fingerprint density at radius 2 is 2.03 bits per heavy atom. The Morgan fingerprint density at radius 1 is 1.30 bits per heavy atom. The van der Waals surface area contributed by atoms with Crippen LogP contribution in [0.5, 0.6) is 0 Å². The molecule has 2 N–H and O–H groups in total. The van der Waals surface area contributed by atoms with E-state index in [0.717, 1.165) is 37.9 Å². The second kappa shape index (κ2) is 12.4. The smallest absolute Gasteiger partial charge is 0.245 e. The first kappa shape index (κ1) is 23.1. The van der Waals surface area contributed by atoms with Gasteiger partial charge in [-0.15, -0.1) is 0 Å². The Labute approximate surface area is 179 Å². The molecule has 1 aliphatic carbocycles. The Kier molecular flexibility index (Phi) is 9.53. The molecule has 1 saturated carbocycles. The van der Waals surface area contributed by atoms with Gasteiger partial charge in [-0.05, 0) is 50.2 Å². The van der Waals surface area contributed by atoms with Crippen molar-refractivity contribution in [3.63, 3.8) is 0 Å². The molecule has 1 aromatic carbocycles. The summed E-state index contributed by atoms with van der Waals surface area (Å²) in [5, 5.41) is 14.6. The third-order valence-electron chi connectivity index (χ3n) is 5.68. The van der Waals surface area contributed by atoms with Crippen LogP contribution in [0, 0.1) is 17.4 Å². The van der Waals surface area contributed by atoms with Gasteiger partial charge in [0.2, 0.25) is 5.91 Å². The maximum Gasteiger partial charge on any atom is 0.245 e. The number of nitrogens with one attached hydrogen (secondary N) is 2. The topological polar surface area (TPSA) is 89.6 Å². The normalized spacial score (nSPS) is 22.4. The van der Waals surface area contributed by atoms with Gasteiger partial charge in [-0.25, -0.2) is 0 Å². The van der Waals surface area contributed by atoms with Crippen LogP contribution < -0.4 is 10.6 Å². The van der Waals surface area contributed by atoms with E-state index in [1.54, 1.807) is 13.3 Å². The van der Waals surface area contributed by atoms with Crippen LogP contribution in [0.3, 0.4) is 0 Å². The highest BCUT2D eigenvalue weighted by Gasteiger charge is 2.37. The summed E-state index contributed by atoms with van der Waals surface area (Å²) in [4.78, 5) is 20.5. The van der Waals surface area contributed by atoms with Crippen LogP contribution in [0.1, 0.15) is 44.6 Å². The van der Waals surface area contributed by atoms with Crippen LogP contribution in [0.4, 0.5) is 0 Å². The lowest BCUT2D eigenvalue weighted by molar-refractivity contribution is -0.116. The van der Waals surface area contributed by atoms with Gasteiger partial charge in [0, 0.05) is 43.9 Å². The van der Waals surface area contributed by atoms with Crippen molar-refractivity contribution >= 4 is 18.0 Å². The summed E-state index contributed by atoms with van der Waals surface area (Å²) in [6.07, 6.45) is 15.1. The summed E-state index contributed by atoms with van der Waals surface area (Å²) in [7, 11) is 1.71. The minimum Gasteiger partial charge on any atom is -0.352 e. The molecule has 0 saturated heterocycles. The third-order valence-corrected chi connectivity index (χ3v) is 5.68. The van der Waals surface area contributed by atoms with Gasteiger partial charge in [-0.2, -0.15) is 5.26 Å². The summed E-state index contributed by atoms with van der Waals surface area (Å²) in [5.74, 6) is 1.09. The molecule has 30 heavy (non-hydrogen) atoms. The van der Waals surface area contributed by atoms with Crippen LogP contribution in [-0.2, 0) is 10.2 Å². The van der Waals surface area contributed by atoms with E-state index in [4.69, 9.17) is 5.26 Å². The molecule has 0 aliphatic heterocycles. The molecule has 1 amide bonds. The fourth-order valence-corrected chi connectivity index (χ4v) is 3.94. The number of carbonyl (C=O) groups is 1. The van der Waals surface area contributed by atoms with Crippen molar-refractivity contribution in [1.82, 2.24) is 10.6 Å². The number of hydrogen-bond donors (Lipinski definition) is 2. The summed E-state index contributed by atoms with van der Waals surface area (Å²) in [6.45, 7) is 2.51. The number of rotatable bonds is 8. The number of nitrogens with zero attached hydrogens (tertiary/aromatic N) is 3. The quantitative estimate of drug-likeness (QED) is 0.226. The highest BCUT2D eigenvalue weighted by molar-refractivity contribution is 5.87. The number of aliphatic imine (C=N–C) groups is 2. The second-order valence-electron chi connectivity index (χ2n) is 7.56. The molecular formula is C24H31N5O. The number of amides is 1. The van der Waals surface area contributed by atoms with Crippen LogP contribution in [-0.4, -0.2) is 31.5 Å². The van der Waals surface area contributed by atoms with Gasteiger partial charge in [0.15, 0.2) is 6.19 Å². The number of amidine groups is 1. The Bertz CT molecular complexity index is 825. The van der Waals surface area contributed by atoms with Crippen LogP contribution in [0.2, 0.25) is 0 Å². The SMILES string of the molecule is C\C=C/C=N\C=C\C(=O)NCC1(c2ccccc2)CCC(CC(=NC)NC#N)CC1. The average molecular weight is 406 g/mol. The molecule has 6 heteroatoms. The fourth-order valence-electron chi connectivity index (χ4n) is 3.94. The summed E-state index contributed by atoms with van der Waals surface area (Å²) < 4.78 is 0. The summed E-state index contributed by atoms with van der Waals surface area (Å²) >= 11 is 0. The molecule has 0 atom stereocenters. The number of hydrogen-bond acceptors (Lipinski definition) is 4. The monoisotopic (exact) mass is 405 g/mol. The Morgan fingerprint density at radius 3 is 2.67 bits per heavy atom. The Balaban J connectivity index is 2.03. The Hall–Kier alpha value is -3.20. The zero-order chi connectivity index (χ0) is 21.7. The highest BCUT2D eigenvalue weighted by atomic mass is 16.1. The summed E-state index contributed by atoms with van der Waals surface area (Å²) in [6, 6.07) is 10.4. The second-order valence-corrected chi connectivity index (χ2v) is 7.56. The minimum absolute atomic E-state index is 0.0817.